The summed E-state index contributed by atoms with van der Waals surface area (Å²) in [6.07, 6.45) is 2.73. The minimum absolute atomic E-state index is 0.0887. The van der Waals surface area contributed by atoms with Crippen molar-refractivity contribution in [3.8, 4) is 28.3 Å². The van der Waals surface area contributed by atoms with Crippen LogP contribution >= 0.6 is 15.9 Å². The van der Waals surface area contributed by atoms with E-state index >= 15 is 4.39 Å². The maximum absolute atomic E-state index is 15.1. The molecule has 3 heterocycles. The summed E-state index contributed by atoms with van der Waals surface area (Å²) in [6.45, 7) is 2.53. The average molecular weight is 651 g/mol. The number of carbonyl (C=O) groups is 1. The van der Waals surface area contributed by atoms with E-state index in [2.05, 4.69) is 35.9 Å². The molecule has 2 aromatic heterocycles. The highest BCUT2D eigenvalue weighted by molar-refractivity contribution is 9.10. The Morgan fingerprint density at radius 3 is 2.55 bits per heavy atom. The molecule has 0 unspecified atom stereocenters. The predicted molar refractivity (Wildman–Crippen MR) is 159 cm³/mol. The average Bonchev–Trinajstić information content (AvgIpc) is 3.27. The number of aromatic amines is 1. The van der Waals surface area contributed by atoms with Gasteiger partial charge in [-0.15, -0.1) is 0 Å². The highest BCUT2D eigenvalue weighted by Crippen LogP contribution is 2.32. The van der Waals surface area contributed by atoms with E-state index in [9.17, 15) is 13.2 Å². The molecule has 5 aromatic rings. The Kier molecular flexibility index (Phi) is 7.27. The summed E-state index contributed by atoms with van der Waals surface area (Å²) in [5.41, 5.74) is 4.96. The minimum Gasteiger partial charge on any atom is -0.491 e. The van der Waals surface area contributed by atoms with Crippen LogP contribution in [0.1, 0.15) is 28.4 Å². The van der Waals surface area contributed by atoms with Crippen molar-refractivity contribution < 1.29 is 22.3 Å². The van der Waals surface area contributed by atoms with Crippen molar-refractivity contribution in [3.05, 3.63) is 87.9 Å². The zero-order valence-electron chi connectivity index (χ0n) is 22.7. The number of hydrogen-bond acceptors (Lipinski definition) is 7. The molecule has 42 heavy (non-hydrogen) atoms. The van der Waals surface area contributed by atoms with E-state index in [0.29, 0.717) is 34.0 Å². The lowest BCUT2D eigenvalue weighted by molar-refractivity contribution is 0.0731. The zero-order chi connectivity index (χ0) is 29.6. The van der Waals surface area contributed by atoms with Crippen LogP contribution in [0.2, 0.25) is 0 Å². The molecule has 0 radical (unpaired) electrons. The number of halogens is 2. The maximum atomic E-state index is 15.1. The second-order valence-electron chi connectivity index (χ2n) is 9.95. The highest BCUT2D eigenvalue weighted by Gasteiger charge is 2.27. The molecule has 0 bridgehead atoms. The zero-order valence-corrected chi connectivity index (χ0v) is 25.1. The summed E-state index contributed by atoms with van der Waals surface area (Å²) in [5.74, 6) is 0.0879. The lowest BCUT2D eigenvalue weighted by Gasteiger charge is -2.22. The van der Waals surface area contributed by atoms with Gasteiger partial charge in [-0.3, -0.25) is 4.79 Å². The smallest absolute Gasteiger partial charge is 0.254 e. The van der Waals surface area contributed by atoms with Crippen molar-refractivity contribution >= 4 is 43.0 Å². The Morgan fingerprint density at radius 2 is 1.81 bits per heavy atom. The quantitative estimate of drug-likeness (QED) is 0.264. The van der Waals surface area contributed by atoms with Crippen LogP contribution in [0.15, 0.2) is 70.3 Å². The summed E-state index contributed by atoms with van der Waals surface area (Å²) in [5, 5.41) is 0. The van der Waals surface area contributed by atoms with Crippen LogP contribution in [-0.4, -0.2) is 58.6 Å². The fourth-order valence-corrected chi connectivity index (χ4v) is 6.12. The summed E-state index contributed by atoms with van der Waals surface area (Å²) in [4.78, 5) is 31.1. The number of ether oxygens (including phenoxy) is 1. The van der Waals surface area contributed by atoms with E-state index in [1.54, 1.807) is 18.0 Å². The summed E-state index contributed by atoms with van der Waals surface area (Å²) >= 11 is 3.32. The van der Waals surface area contributed by atoms with Crippen molar-refractivity contribution in [2.75, 3.05) is 19.4 Å². The molecule has 0 atom stereocenters. The minimum atomic E-state index is -3.77. The Labute approximate surface area is 249 Å². The van der Waals surface area contributed by atoms with Crippen molar-refractivity contribution in [3.63, 3.8) is 0 Å². The SMILES string of the molecule is CCc1c(C(=O)N2CCOc3ccc(-c4ccc(-c5nc6ncc(Br)nc6[nH]5)cc4)cc3C2)ccc(S(C)(=O)=O)c1F. The number of H-pyrrole nitrogens is 1. The summed E-state index contributed by atoms with van der Waals surface area (Å²) in [6, 6.07) is 16.3. The van der Waals surface area contributed by atoms with Crippen molar-refractivity contribution in [2.45, 2.75) is 24.8 Å². The van der Waals surface area contributed by atoms with Gasteiger partial charge < -0.3 is 14.6 Å². The number of aromatic nitrogens is 4. The van der Waals surface area contributed by atoms with Gasteiger partial charge in [0.2, 0.25) is 0 Å². The van der Waals surface area contributed by atoms with Gasteiger partial charge in [-0.2, -0.15) is 0 Å². The normalized spacial score (nSPS) is 13.5. The molecule has 12 heteroatoms. The van der Waals surface area contributed by atoms with Crippen LogP contribution in [-0.2, 0) is 22.8 Å². The van der Waals surface area contributed by atoms with Crippen LogP contribution in [0.4, 0.5) is 4.39 Å². The van der Waals surface area contributed by atoms with E-state index in [-0.39, 0.29) is 36.6 Å². The van der Waals surface area contributed by atoms with Crippen LogP contribution < -0.4 is 4.74 Å². The van der Waals surface area contributed by atoms with Gasteiger partial charge in [0.1, 0.15) is 33.5 Å². The molecular formula is C30H25BrFN5O4S. The van der Waals surface area contributed by atoms with Gasteiger partial charge in [-0.1, -0.05) is 37.3 Å². The number of hydrogen-bond donors (Lipinski definition) is 1. The molecule has 0 fully saturated rings. The van der Waals surface area contributed by atoms with E-state index in [0.717, 1.165) is 28.5 Å². The van der Waals surface area contributed by atoms with Gasteiger partial charge in [0.25, 0.3) is 5.91 Å². The van der Waals surface area contributed by atoms with Crippen molar-refractivity contribution in [1.29, 1.82) is 0 Å². The molecule has 1 aliphatic rings. The van der Waals surface area contributed by atoms with Crippen LogP contribution in [0.5, 0.6) is 5.75 Å². The van der Waals surface area contributed by atoms with E-state index in [1.807, 2.05) is 42.5 Å². The van der Waals surface area contributed by atoms with Crippen molar-refractivity contribution in [1.82, 2.24) is 24.8 Å². The van der Waals surface area contributed by atoms with Crippen LogP contribution in [0.3, 0.4) is 0 Å². The maximum Gasteiger partial charge on any atom is 0.254 e. The molecule has 6 rings (SSSR count). The number of imidazole rings is 1. The number of nitrogens with one attached hydrogen (secondary N) is 1. The first-order valence-corrected chi connectivity index (χ1v) is 15.9. The Hall–Kier alpha value is -4.16. The lowest BCUT2D eigenvalue weighted by Crippen LogP contribution is -2.33. The van der Waals surface area contributed by atoms with E-state index < -0.39 is 20.5 Å². The predicted octanol–water partition coefficient (Wildman–Crippen LogP) is 5.59. The Balaban J connectivity index is 1.27. The van der Waals surface area contributed by atoms with Crippen molar-refractivity contribution in [2.24, 2.45) is 0 Å². The lowest BCUT2D eigenvalue weighted by atomic mass is 10.00. The molecule has 1 amide bonds. The second-order valence-corrected chi connectivity index (χ2v) is 12.8. The second kappa shape index (κ2) is 10.9. The van der Waals surface area contributed by atoms with Gasteiger partial charge in [0.15, 0.2) is 21.1 Å². The fourth-order valence-electron chi connectivity index (χ4n) is 5.08. The third-order valence-electron chi connectivity index (χ3n) is 7.19. The molecule has 214 valence electrons. The number of rotatable bonds is 5. The van der Waals surface area contributed by atoms with Gasteiger partial charge >= 0.3 is 0 Å². The molecule has 0 saturated heterocycles. The first-order chi connectivity index (χ1) is 20.1. The van der Waals surface area contributed by atoms with E-state index in [1.165, 1.54) is 12.1 Å². The van der Waals surface area contributed by atoms with E-state index in [4.69, 9.17) is 4.74 Å². The largest absolute Gasteiger partial charge is 0.491 e. The third-order valence-corrected chi connectivity index (χ3v) is 8.69. The standard InChI is InChI=1S/C30H25BrFN5O4S/c1-3-21-22(9-11-24(26(21)32)42(2,39)40)30(38)37-12-13-41-23-10-8-19(14-20(23)16-37)17-4-6-18(7-5-17)27-35-28-29(36-27)34-25(31)15-33-28/h4-11,14-15H,3,12-13,16H2,1-2H3,(H,33,34,35,36). The van der Waals surface area contributed by atoms with Gasteiger partial charge in [0.05, 0.1) is 12.7 Å². The number of carbonyl (C=O) groups excluding carboxylic acids is 1. The first kappa shape index (κ1) is 28.0. The molecule has 0 aliphatic carbocycles. The Bertz CT molecular complexity index is 1960. The molecule has 3 aromatic carbocycles. The third kappa shape index (κ3) is 5.27. The molecule has 0 saturated carbocycles. The number of fused-ring (bicyclic) bond motifs is 2. The molecule has 0 spiro atoms. The Morgan fingerprint density at radius 1 is 1.07 bits per heavy atom. The first-order valence-electron chi connectivity index (χ1n) is 13.2. The number of benzene rings is 3. The number of sulfone groups is 1. The number of nitrogens with zero attached hydrogens (tertiary/aromatic N) is 4. The molecule has 1 N–H and O–H groups in total. The monoisotopic (exact) mass is 649 g/mol. The highest BCUT2D eigenvalue weighted by atomic mass is 79.9. The van der Waals surface area contributed by atoms with Crippen LogP contribution in [0, 0.1) is 5.82 Å². The molecule has 9 nitrogen and oxygen atoms in total. The van der Waals surface area contributed by atoms with Gasteiger partial charge in [-0.05, 0) is 57.7 Å². The summed E-state index contributed by atoms with van der Waals surface area (Å²) in [7, 11) is -3.77. The summed E-state index contributed by atoms with van der Waals surface area (Å²) < 4.78 is 45.7. The number of amides is 1. The molecular weight excluding hydrogens is 625 g/mol. The van der Waals surface area contributed by atoms with Crippen LogP contribution in [0.25, 0.3) is 33.8 Å². The van der Waals surface area contributed by atoms with Gasteiger partial charge in [-0.25, -0.2) is 27.8 Å². The topological polar surface area (TPSA) is 118 Å². The molecule has 1 aliphatic heterocycles. The fraction of sp³-hybridized carbons (Fsp3) is 0.200. The van der Waals surface area contributed by atoms with Gasteiger partial charge in [0, 0.05) is 35.1 Å².